The smallest absolute Gasteiger partial charge is 0.405 e. The van der Waals surface area contributed by atoms with Crippen molar-refractivity contribution in [1.29, 1.82) is 0 Å². The molecule has 100 valence electrons. The molecule has 7 nitrogen and oxygen atoms in total. The Morgan fingerprint density at radius 1 is 1.72 bits per heavy atom. The fourth-order valence-electron chi connectivity index (χ4n) is 1.19. The molecule has 0 saturated heterocycles. The molecule has 0 spiro atoms. The Morgan fingerprint density at radius 3 is 3.00 bits per heavy atom. The fraction of sp³-hybridized carbons (Fsp3) is 0.444. The number of aromatic nitrogens is 2. The molecule has 1 unspecified atom stereocenters. The lowest BCUT2D eigenvalue weighted by Gasteiger charge is -2.16. The van der Waals surface area contributed by atoms with Gasteiger partial charge in [-0.15, -0.1) is 0 Å². The summed E-state index contributed by atoms with van der Waals surface area (Å²) in [6.07, 6.45) is 0.420. The highest BCUT2D eigenvalue weighted by atomic mass is 127. The molecule has 0 saturated carbocycles. The van der Waals surface area contributed by atoms with Gasteiger partial charge >= 0.3 is 6.09 Å². The minimum atomic E-state index is -1.11. The van der Waals surface area contributed by atoms with E-state index in [4.69, 9.17) is 21.4 Å². The van der Waals surface area contributed by atoms with Gasteiger partial charge in [0, 0.05) is 13.7 Å². The number of amides is 1. The van der Waals surface area contributed by atoms with Crippen molar-refractivity contribution >= 4 is 46.1 Å². The van der Waals surface area contributed by atoms with Gasteiger partial charge in [0.1, 0.15) is 9.52 Å². The number of ether oxygens (including phenoxy) is 1. The van der Waals surface area contributed by atoms with Crippen LogP contribution in [0.15, 0.2) is 6.20 Å². The number of nitrogens with one attached hydrogen (secondary N) is 2. The van der Waals surface area contributed by atoms with Crippen LogP contribution in [0.2, 0.25) is 5.15 Å². The lowest BCUT2D eigenvalue weighted by Crippen LogP contribution is -2.42. The van der Waals surface area contributed by atoms with Crippen LogP contribution in [-0.2, 0) is 4.74 Å². The third-order valence-corrected chi connectivity index (χ3v) is 3.29. The summed E-state index contributed by atoms with van der Waals surface area (Å²) >= 11 is 7.79. The van der Waals surface area contributed by atoms with E-state index in [-0.39, 0.29) is 12.6 Å². The zero-order chi connectivity index (χ0) is 13.5. The second-order valence-electron chi connectivity index (χ2n) is 3.32. The highest BCUT2D eigenvalue weighted by molar-refractivity contribution is 14.1. The molecule has 9 heteroatoms. The Kier molecular flexibility index (Phi) is 6.36. The van der Waals surface area contributed by atoms with E-state index in [9.17, 15) is 4.79 Å². The molecule has 1 aromatic heterocycles. The quantitative estimate of drug-likeness (QED) is 0.640. The first kappa shape index (κ1) is 15.2. The van der Waals surface area contributed by atoms with Crippen LogP contribution in [0, 0.1) is 3.70 Å². The molecule has 1 amide bonds. The minimum absolute atomic E-state index is 0.255. The molecule has 0 aromatic carbocycles. The topological polar surface area (TPSA) is 96.4 Å². The number of halogens is 2. The van der Waals surface area contributed by atoms with Crippen molar-refractivity contribution in [1.82, 2.24) is 15.3 Å². The lowest BCUT2D eigenvalue weighted by molar-refractivity contribution is 0.154. The van der Waals surface area contributed by atoms with Crippen LogP contribution < -0.4 is 10.6 Å². The highest BCUT2D eigenvalue weighted by Gasteiger charge is 2.11. The van der Waals surface area contributed by atoms with Crippen molar-refractivity contribution < 1.29 is 14.6 Å². The van der Waals surface area contributed by atoms with E-state index in [0.717, 1.165) is 0 Å². The van der Waals surface area contributed by atoms with E-state index in [0.29, 0.717) is 21.2 Å². The second kappa shape index (κ2) is 7.54. The van der Waals surface area contributed by atoms with Gasteiger partial charge in [0.25, 0.3) is 0 Å². The Balaban J connectivity index is 2.55. The first-order valence-electron chi connectivity index (χ1n) is 4.93. The summed E-state index contributed by atoms with van der Waals surface area (Å²) in [4.78, 5) is 18.6. The van der Waals surface area contributed by atoms with Gasteiger partial charge in [-0.05, 0) is 22.6 Å². The van der Waals surface area contributed by atoms with E-state index in [1.807, 2.05) is 22.6 Å². The number of methoxy groups -OCH3 is 1. The van der Waals surface area contributed by atoms with Gasteiger partial charge in [0.15, 0.2) is 5.15 Å². The summed E-state index contributed by atoms with van der Waals surface area (Å²) in [6.45, 7) is 0.580. The summed E-state index contributed by atoms with van der Waals surface area (Å²) in [6, 6.07) is -0.382. The Hall–Kier alpha value is -0.870. The molecule has 0 bridgehead atoms. The SMILES string of the molecule is COCC(CNc1cnc(I)c(Cl)n1)NC(=O)O. The summed E-state index contributed by atoms with van der Waals surface area (Å²) in [7, 11) is 1.50. The summed E-state index contributed by atoms with van der Waals surface area (Å²) < 4.78 is 5.52. The lowest BCUT2D eigenvalue weighted by atomic mass is 10.3. The van der Waals surface area contributed by atoms with E-state index in [1.54, 1.807) is 0 Å². The normalized spacial score (nSPS) is 11.9. The van der Waals surface area contributed by atoms with Gasteiger partial charge < -0.3 is 20.5 Å². The maximum Gasteiger partial charge on any atom is 0.405 e. The van der Waals surface area contributed by atoms with E-state index >= 15 is 0 Å². The number of anilines is 1. The summed E-state index contributed by atoms with van der Waals surface area (Å²) in [5.41, 5.74) is 0. The van der Waals surface area contributed by atoms with E-state index in [2.05, 4.69) is 20.6 Å². The molecular weight excluding hydrogens is 374 g/mol. The predicted molar refractivity (Wildman–Crippen MR) is 75.1 cm³/mol. The van der Waals surface area contributed by atoms with Crippen molar-refractivity contribution in [3.05, 3.63) is 15.1 Å². The first-order valence-corrected chi connectivity index (χ1v) is 6.39. The van der Waals surface area contributed by atoms with Crippen molar-refractivity contribution in [2.24, 2.45) is 0 Å². The average molecular weight is 387 g/mol. The number of hydrogen-bond acceptors (Lipinski definition) is 5. The van der Waals surface area contributed by atoms with Crippen LogP contribution in [-0.4, -0.2) is 47.5 Å². The highest BCUT2D eigenvalue weighted by Crippen LogP contribution is 2.14. The number of rotatable bonds is 6. The van der Waals surface area contributed by atoms with Gasteiger partial charge in [0.05, 0.1) is 18.8 Å². The second-order valence-corrected chi connectivity index (χ2v) is 4.70. The van der Waals surface area contributed by atoms with Gasteiger partial charge in [0.2, 0.25) is 0 Å². The third kappa shape index (κ3) is 5.19. The fourth-order valence-corrected chi connectivity index (χ4v) is 1.59. The molecule has 1 rings (SSSR count). The molecule has 0 aliphatic heterocycles. The Morgan fingerprint density at radius 2 is 2.44 bits per heavy atom. The summed E-state index contributed by atoms with van der Waals surface area (Å²) in [5, 5.41) is 14.2. The van der Waals surface area contributed by atoms with Gasteiger partial charge in [-0.2, -0.15) is 0 Å². The molecule has 0 radical (unpaired) electrons. The number of carbonyl (C=O) groups is 1. The Bertz CT molecular complexity index is 421. The minimum Gasteiger partial charge on any atom is -0.465 e. The molecule has 1 aromatic rings. The van der Waals surface area contributed by atoms with Crippen molar-refractivity contribution in [2.45, 2.75) is 6.04 Å². The first-order chi connectivity index (χ1) is 8.52. The van der Waals surface area contributed by atoms with Crippen LogP contribution in [0.5, 0.6) is 0 Å². The van der Waals surface area contributed by atoms with Crippen molar-refractivity contribution in [2.75, 3.05) is 25.6 Å². The average Bonchev–Trinajstić information content (AvgIpc) is 2.30. The van der Waals surface area contributed by atoms with Crippen LogP contribution in [0.1, 0.15) is 0 Å². The molecule has 3 N–H and O–H groups in total. The van der Waals surface area contributed by atoms with Crippen LogP contribution in [0.3, 0.4) is 0 Å². The molecule has 18 heavy (non-hydrogen) atoms. The zero-order valence-corrected chi connectivity index (χ0v) is 12.4. The van der Waals surface area contributed by atoms with Crippen molar-refractivity contribution in [3.63, 3.8) is 0 Å². The molecule has 0 aliphatic rings. The van der Waals surface area contributed by atoms with Crippen molar-refractivity contribution in [3.8, 4) is 0 Å². The van der Waals surface area contributed by atoms with Gasteiger partial charge in [-0.3, -0.25) is 0 Å². The monoisotopic (exact) mass is 386 g/mol. The van der Waals surface area contributed by atoms with Gasteiger partial charge in [-0.25, -0.2) is 14.8 Å². The standard InChI is InChI=1S/C9H12ClIN4O3/c1-18-4-5(14-9(16)17)2-12-6-3-13-8(11)7(10)15-6/h3,5,14H,2,4H2,1H3,(H,12,15)(H,16,17). The van der Waals surface area contributed by atoms with Crippen LogP contribution in [0.4, 0.5) is 10.6 Å². The Labute approximate surface area is 122 Å². The number of carboxylic acid groups (broad SMARTS) is 1. The molecule has 0 aliphatic carbocycles. The number of nitrogens with zero attached hydrogens (tertiary/aromatic N) is 2. The molecule has 1 atom stereocenters. The van der Waals surface area contributed by atoms with Gasteiger partial charge in [-0.1, -0.05) is 11.6 Å². The maximum atomic E-state index is 10.6. The predicted octanol–water partition coefficient (Wildman–Crippen LogP) is 1.43. The molecule has 1 heterocycles. The molecular formula is C9H12ClIN4O3. The molecule has 0 fully saturated rings. The maximum absolute atomic E-state index is 10.6. The van der Waals surface area contributed by atoms with E-state index in [1.165, 1.54) is 13.3 Å². The zero-order valence-electron chi connectivity index (χ0n) is 9.48. The largest absolute Gasteiger partial charge is 0.465 e. The van der Waals surface area contributed by atoms with E-state index < -0.39 is 6.09 Å². The van der Waals surface area contributed by atoms with Crippen LogP contribution in [0.25, 0.3) is 0 Å². The van der Waals surface area contributed by atoms with Crippen LogP contribution >= 0.6 is 34.2 Å². The number of hydrogen-bond donors (Lipinski definition) is 3. The third-order valence-electron chi connectivity index (χ3n) is 1.91. The summed E-state index contributed by atoms with van der Waals surface area (Å²) in [5.74, 6) is 0.480.